The molecule has 6 heteroatoms. The number of aromatic hydroxyl groups is 1. The van der Waals surface area contributed by atoms with Crippen LogP contribution in [0.25, 0.3) is 0 Å². The van der Waals surface area contributed by atoms with E-state index in [1.54, 1.807) is 0 Å². The van der Waals surface area contributed by atoms with Crippen molar-refractivity contribution in [3.05, 3.63) is 41.6 Å². The minimum Gasteiger partial charge on any atom is -0.494 e. The van der Waals surface area contributed by atoms with Crippen molar-refractivity contribution >= 4 is 33.9 Å². The van der Waals surface area contributed by atoms with Crippen molar-refractivity contribution in [1.82, 2.24) is 9.97 Å². The minimum absolute atomic E-state index is 0.00167. The molecule has 0 bridgehead atoms. The molecule has 1 aliphatic rings. The molecule has 0 aromatic carbocycles. The second-order valence-corrected chi connectivity index (χ2v) is 6.28. The minimum atomic E-state index is -0.212. The van der Waals surface area contributed by atoms with Gasteiger partial charge in [0.05, 0.1) is 10.6 Å². The highest BCUT2D eigenvalue weighted by Gasteiger charge is 2.29. The van der Waals surface area contributed by atoms with E-state index in [1.807, 2.05) is 6.20 Å². The van der Waals surface area contributed by atoms with Crippen molar-refractivity contribution < 1.29 is 5.11 Å². The molecule has 2 heterocycles. The van der Waals surface area contributed by atoms with E-state index >= 15 is 0 Å². The highest BCUT2D eigenvalue weighted by atomic mass is 127. The highest BCUT2D eigenvalue weighted by molar-refractivity contribution is 14.1. The van der Waals surface area contributed by atoms with Gasteiger partial charge in [-0.3, -0.25) is 14.8 Å². The molecule has 0 aliphatic heterocycles. The maximum absolute atomic E-state index is 11.2. The smallest absolute Gasteiger partial charge is 0.307 e. The Morgan fingerprint density at radius 2 is 2.41 bits per heavy atom. The number of nitrogens with one attached hydrogen (secondary N) is 1. The molecular formula is C11H9IN2O2S. The van der Waals surface area contributed by atoms with Gasteiger partial charge >= 0.3 is 4.87 Å². The average Bonchev–Trinajstić information content (AvgIpc) is 2.81. The monoisotopic (exact) mass is 360 g/mol. The maximum Gasteiger partial charge on any atom is 0.307 e. The maximum atomic E-state index is 11.2. The number of halogens is 1. The van der Waals surface area contributed by atoms with Crippen LogP contribution in [-0.4, -0.2) is 15.1 Å². The Kier molecular flexibility index (Phi) is 2.70. The number of fused-ring (bicyclic) bond motifs is 1. The summed E-state index contributed by atoms with van der Waals surface area (Å²) in [5.74, 6) is 0.0594. The Morgan fingerprint density at radius 1 is 1.59 bits per heavy atom. The van der Waals surface area contributed by atoms with Gasteiger partial charge in [0.15, 0.2) is 0 Å². The molecule has 0 spiro atoms. The third-order valence-electron chi connectivity index (χ3n) is 2.97. The summed E-state index contributed by atoms with van der Waals surface area (Å²) in [5.41, 5.74) is 2.22. The van der Waals surface area contributed by atoms with Gasteiger partial charge in [0.1, 0.15) is 0 Å². The summed E-state index contributed by atoms with van der Waals surface area (Å²) in [6, 6.07) is 2.12. The normalized spacial score (nSPS) is 18.3. The van der Waals surface area contributed by atoms with E-state index in [4.69, 9.17) is 0 Å². The Balaban J connectivity index is 2.09. The van der Waals surface area contributed by atoms with Gasteiger partial charge < -0.3 is 5.11 Å². The van der Waals surface area contributed by atoms with E-state index < -0.39 is 0 Å². The quantitative estimate of drug-likeness (QED) is 0.767. The number of aromatic nitrogens is 2. The summed E-state index contributed by atoms with van der Waals surface area (Å²) >= 11 is 3.32. The lowest BCUT2D eigenvalue weighted by Crippen LogP contribution is -1.97. The van der Waals surface area contributed by atoms with E-state index in [1.165, 1.54) is 5.56 Å². The number of H-pyrrole nitrogens is 1. The molecular weight excluding hydrogens is 351 g/mol. The van der Waals surface area contributed by atoms with Crippen molar-refractivity contribution in [2.75, 3.05) is 0 Å². The molecule has 4 nitrogen and oxygen atoms in total. The zero-order valence-corrected chi connectivity index (χ0v) is 11.7. The van der Waals surface area contributed by atoms with E-state index in [0.717, 1.165) is 33.4 Å². The molecule has 2 aromatic heterocycles. The molecule has 0 saturated carbocycles. The molecule has 0 saturated heterocycles. The Labute approximate surface area is 115 Å². The predicted octanol–water partition coefficient (Wildman–Crippen LogP) is 2.22. The van der Waals surface area contributed by atoms with Gasteiger partial charge in [-0.2, -0.15) is 0 Å². The van der Waals surface area contributed by atoms with Crippen molar-refractivity contribution in [3.63, 3.8) is 0 Å². The number of aromatic amines is 1. The van der Waals surface area contributed by atoms with Gasteiger partial charge in [-0.05, 0) is 47.1 Å². The summed E-state index contributed by atoms with van der Waals surface area (Å²) in [6.45, 7) is 0. The number of pyridine rings is 1. The van der Waals surface area contributed by atoms with Crippen LogP contribution in [-0.2, 0) is 6.42 Å². The van der Waals surface area contributed by atoms with Crippen LogP contribution >= 0.6 is 33.9 Å². The SMILES string of the molecule is O=c1[nH]c(O)c([C@@H]2CCc3cc(I)cnc32)s1. The van der Waals surface area contributed by atoms with Crippen molar-refractivity contribution in [2.24, 2.45) is 0 Å². The fourth-order valence-electron chi connectivity index (χ4n) is 2.27. The first-order valence-corrected chi connectivity index (χ1v) is 7.11. The fraction of sp³-hybridized carbons (Fsp3) is 0.273. The molecule has 0 amide bonds. The highest BCUT2D eigenvalue weighted by Crippen LogP contribution is 2.41. The molecule has 0 unspecified atom stereocenters. The third kappa shape index (κ3) is 1.89. The molecule has 1 aliphatic carbocycles. The Bertz CT molecular complexity index is 635. The van der Waals surface area contributed by atoms with Crippen molar-refractivity contribution in [1.29, 1.82) is 0 Å². The van der Waals surface area contributed by atoms with Crippen molar-refractivity contribution in [3.8, 4) is 5.88 Å². The lowest BCUT2D eigenvalue weighted by molar-refractivity contribution is 0.447. The molecule has 3 rings (SSSR count). The summed E-state index contributed by atoms with van der Waals surface area (Å²) in [4.78, 5) is 18.6. The first-order chi connectivity index (χ1) is 8.15. The average molecular weight is 360 g/mol. The number of hydrogen-bond donors (Lipinski definition) is 2. The summed E-state index contributed by atoms with van der Waals surface area (Å²) in [7, 11) is 0. The molecule has 0 fully saturated rings. The van der Waals surface area contributed by atoms with Crippen LogP contribution in [0.3, 0.4) is 0 Å². The van der Waals surface area contributed by atoms with Crippen LogP contribution in [0.15, 0.2) is 17.1 Å². The summed E-state index contributed by atoms with van der Waals surface area (Å²) in [6.07, 6.45) is 3.68. The van der Waals surface area contributed by atoms with Gasteiger partial charge in [0.2, 0.25) is 5.88 Å². The second kappa shape index (κ2) is 4.09. The van der Waals surface area contributed by atoms with E-state index in [2.05, 4.69) is 38.6 Å². The topological polar surface area (TPSA) is 66.0 Å². The number of aryl methyl sites for hydroxylation is 1. The van der Waals surface area contributed by atoms with Gasteiger partial charge in [-0.25, -0.2) is 0 Å². The molecule has 88 valence electrons. The number of nitrogens with zero attached hydrogens (tertiary/aromatic N) is 1. The van der Waals surface area contributed by atoms with Crippen LogP contribution in [0.4, 0.5) is 0 Å². The number of rotatable bonds is 1. The first-order valence-electron chi connectivity index (χ1n) is 5.21. The van der Waals surface area contributed by atoms with Gasteiger partial charge in [-0.1, -0.05) is 11.3 Å². The van der Waals surface area contributed by atoms with Crippen LogP contribution in [0.2, 0.25) is 0 Å². The number of hydrogen-bond acceptors (Lipinski definition) is 4. The van der Waals surface area contributed by atoms with Gasteiger partial charge in [-0.15, -0.1) is 0 Å². The van der Waals surface area contributed by atoms with Crippen LogP contribution in [0.1, 0.15) is 28.5 Å². The Hall–Kier alpha value is -0.890. The van der Waals surface area contributed by atoms with Crippen LogP contribution in [0.5, 0.6) is 5.88 Å². The second-order valence-electron chi connectivity index (χ2n) is 4.02. The van der Waals surface area contributed by atoms with Crippen molar-refractivity contribution in [2.45, 2.75) is 18.8 Å². The van der Waals surface area contributed by atoms with Crippen LogP contribution < -0.4 is 4.87 Å². The molecule has 17 heavy (non-hydrogen) atoms. The standard InChI is InChI=1S/C11H9IN2O2S/c12-6-3-5-1-2-7(8(5)13-4-6)9-10(15)14-11(16)17-9/h3-4,7,15H,1-2H2,(H,14,16)/t7-/m1/s1. The van der Waals surface area contributed by atoms with Gasteiger partial charge in [0.25, 0.3) is 0 Å². The van der Waals surface area contributed by atoms with Gasteiger partial charge in [0, 0.05) is 15.7 Å². The Morgan fingerprint density at radius 3 is 3.12 bits per heavy atom. The van der Waals surface area contributed by atoms with Crippen LogP contribution in [0, 0.1) is 3.57 Å². The number of thiazole rings is 1. The first kappa shape index (κ1) is 11.2. The van der Waals surface area contributed by atoms with E-state index in [9.17, 15) is 9.90 Å². The zero-order valence-electron chi connectivity index (χ0n) is 8.74. The molecule has 1 atom stereocenters. The molecule has 0 radical (unpaired) electrons. The lowest BCUT2D eigenvalue weighted by atomic mass is 10.1. The van der Waals surface area contributed by atoms with E-state index in [0.29, 0.717) is 4.88 Å². The zero-order chi connectivity index (χ0) is 12.0. The molecule has 2 aromatic rings. The summed E-state index contributed by atoms with van der Waals surface area (Å²) in [5, 5.41) is 9.70. The third-order valence-corrected chi connectivity index (χ3v) is 4.55. The fourth-order valence-corrected chi connectivity index (χ4v) is 3.65. The predicted molar refractivity (Wildman–Crippen MR) is 73.7 cm³/mol. The van der Waals surface area contributed by atoms with E-state index in [-0.39, 0.29) is 16.7 Å². The largest absolute Gasteiger partial charge is 0.494 e. The summed E-state index contributed by atoms with van der Waals surface area (Å²) < 4.78 is 1.12. The molecule has 2 N–H and O–H groups in total. The lowest BCUT2D eigenvalue weighted by Gasteiger charge is -2.07.